The van der Waals surface area contributed by atoms with Crippen molar-refractivity contribution in [3.05, 3.63) is 66.1 Å². The third-order valence-corrected chi connectivity index (χ3v) is 5.02. The van der Waals surface area contributed by atoms with Crippen molar-refractivity contribution >= 4 is 17.4 Å². The summed E-state index contributed by atoms with van der Waals surface area (Å²) in [5.74, 6) is -6.05. The van der Waals surface area contributed by atoms with E-state index in [4.69, 9.17) is 9.47 Å². The molecule has 1 unspecified atom stereocenters. The van der Waals surface area contributed by atoms with Crippen molar-refractivity contribution in [2.24, 2.45) is 0 Å². The minimum Gasteiger partial charge on any atom is -0.446 e. The maximum absolute atomic E-state index is 13.7. The molecule has 1 aliphatic heterocycles. The van der Waals surface area contributed by atoms with Crippen molar-refractivity contribution in [1.29, 1.82) is 0 Å². The van der Waals surface area contributed by atoms with Gasteiger partial charge in [0.15, 0.2) is 23.0 Å². The number of esters is 1. The first-order valence-corrected chi connectivity index (χ1v) is 9.98. The second-order valence-electron chi connectivity index (χ2n) is 7.54. The number of nitrogens with zero attached hydrogens (tertiary/aromatic N) is 5. The molecule has 9 nitrogen and oxygen atoms in total. The lowest BCUT2D eigenvalue weighted by atomic mass is 10.1. The van der Waals surface area contributed by atoms with E-state index in [0.29, 0.717) is 6.07 Å². The number of ether oxygens (including phenoxy) is 2. The molecule has 3 aromatic heterocycles. The molecule has 0 fully saturated rings. The lowest BCUT2D eigenvalue weighted by Crippen LogP contribution is -2.53. The predicted octanol–water partition coefficient (Wildman–Crippen LogP) is 3.31. The highest BCUT2D eigenvalue weighted by atomic mass is 19.4. The number of benzene rings is 1. The number of alkyl halides is 3. The fourth-order valence-electron chi connectivity index (χ4n) is 3.52. The summed E-state index contributed by atoms with van der Waals surface area (Å²) >= 11 is 0. The number of anilines is 1. The Balaban J connectivity index is 1.55. The molecule has 180 valence electrons. The van der Waals surface area contributed by atoms with Gasteiger partial charge in [-0.15, -0.1) is 10.2 Å². The molecule has 0 radical (unpaired) electrons. The molecular formula is C21H13F5N6O3. The molecule has 4 aromatic rings. The standard InChI is InChI=1S/C21H13F5N6O3/c22-12-6-11(7-13(23)8-12)14-3-4-16-29-30-17(32(16)31-14)9-20(35-19(33)21(24,25)26)10-28-18-15(34-20)2-1-5-27-18/h1-8H,9-10H2,(H,27,28). The van der Waals surface area contributed by atoms with Crippen LogP contribution in [0.15, 0.2) is 48.7 Å². The molecule has 4 heterocycles. The van der Waals surface area contributed by atoms with E-state index in [1.165, 1.54) is 30.5 Å². The smallest absolute Gasteiger partial charge is 0.446 e. The zero-order valence-electron chi connectivity index (χ0n) is 17.4. The summed E-state index contributed by atoms with van der Waals surface area (Å²) in [6.45, 7) is -0.400. The largest absolute Gasteiger partial charge is 0.491 e. The van der Waals surface area contributed by atoms with Crippen LogP contribution in [-0.2, 0) is 16.0 Å². The number of carbonyl (C=O) groups is 1. The molecule has 0 spiro atoms. The first kappa shape index (κ1) is 22.4. The average molecular weight is 492 g/mol. The highest BCUT2D eigenvalue weighted by Gasteiger charge is 2.50. The van der Waals surface area contributed by atoms with Crippen LogP contribution in [0.5, 0.6) is 5.75 Å². The van der Waals surface area contributed by atoms with Gasteiger partial charge in [-0.3, -0.25) is 0 Å². The molecule has 0 amide bonds. The molecule has 0 bridgehead atoms. The van der Waals surface area contributed by atoms with E-state index in [2.05, 4.69) is 25.6 Å². The molecular weight excluding hydrogens is 479 g/mol. The van der Waals surface area contributed by atoms with Gasteiger partial charge in [0.25, 0.3) is 5.79 Å². The summed E-state index contributed by atoms with van der Waals surface area (Å²) < 4.78 is 78.1. The van der Waals surface area contributed by atoms with Crippen molar-refractivity contribution in [3.8, 4) is 17.0 Å². The second-order valence-corrected chi connectivity index (χ2v) is 7.54. The van der Waals surface area contributed by atoms with Gasteiger partial charge >= 0.3 is 12.1 Å². The van der Waals surface area contributed by atoms with Gasteiger partial charge in [-0.05, 0) is 36.4 Å². The quantitative estimate of drug-likeness (QED) is 0.342. The Morgan fingerprint density at radius 1 is 1.14 bits per heavy atom. The molecule has 0 saturated carbocycles. The number of carbonyl (C=O) groups excluding carboxylic acids is 1. The van der Waals surface area contributed by atoms with Gasteiger partial charge in [0.05, 0.1) is 18.7 Å². The predicted molar refractivity (Wildman–Crippen MR) is 108 cm³/mol. The Morgan fingerprint density at radius 2 is 1.91 bits per heavy atom. The van der Waals surface area contributed by atoms with Crippen LogP contribution in [0.1, 0.15) is 5.82 Å². The summed E-state index contributed by atoms with van der Waals surface area (Å²) in [7, 11) is 0. The average Bonchev–Trinajstić information content (AvgIpc) is 3.19. The van der Waals surface area contributed by atoms with Crippen molar-refractivity contribution in [1.82, 2.24) is 24.8 Å². The summed E-state index contributed by atoms with van der Waals surface area (Å²) in [5.41, 5.74) is 0.428. The molecule has 14 heteroatoms. The van der Waals surface area contributed by atoms with E-state index < -0.39 is 42.5 Å². The van der Waals surface area contributed by atoms with Crippen molar-refractivity contribution in [2.75, 3.05) is 11.9 Å². The number of pyridine rings is 1. The summed E-state index contributed by atoms with van der Waals surface area (Å²) in [5, 5.41) is 14.9. The molecule has 35 heavy (non-hydrogen) atoms. The highest BCUT2D eigenvalue weighted by molar-refractivity contribution is 5.76. The third kappa shape index (κ3) is 4.41. The van der Waals surface area contributed by atoms with E-state index in [9.17, 15) is 26.7 Å². The third-order valence-electron chi connectivity index (χ3n) is 5.02. The van der Waals surface area contributed by atoms with Crippen molar-refractivity contribution < 1.29 is 36.2 Å². The fourth-order valence-corrected chi connectivity index (χ4v) is 3.52. The SMILES string of the molecule is O=C(OC1(Cc2nnc3ccc(-c4cc(F)cc(F)c4)nn23)CNc2ncccc2O1)C(F)(F)F. The summed E-state index contributed by atoms with van der Waals surface area (Å²) in [4.78, 5) is 15.8. The maximum Gasteiger partial charge on any atom is 0.491 e. The molecule has 5 rings (SSSR count). The number of hydrogen-bond donors (Lipinski definition) is 1. The van der Waals surface area contributed by atoms with Gasteiger partial charge in [0.2, 0.25) is 0 Å². The fraction of sp³-hybridized carbons (Fsp3) is 0.190. The number of hydrogen-bond acceptors (Lipinski definition) is 8. The van der Waals surface area contributed by atoms with Gasteiger partial charge in [0, 0.05) is 17.8 Å². The number of fused-ring (bicyclic) bond motifs is 2. The first-order chi connectivity index (χ1) is 16.6. The first-order valence-electron chi connectivity index (χ1n) is 9.98. The molecule has 0 aliphatic carbocycles. The zero-order valence-corrected chi connectivity index (χ0v) is 17.4. The lowest BCUT2D eigenvalue weighted by Gasteiger charge is -2.37. The Kier molecular flexibility index (Phi) is 5.22. The van der Waals surface area contributed by atoms with E-state index in [0.717, 1.165) is 16.6 Å². The van der Waals surface area contributed by atoms with Crippen LogP contribution in [0.4, 0.5) is 27.8 Å². The molecule has 1 aliphatic rings. The highest BCUT2D eigenvalue weighted by Crippen LogP contribution is 2.35. The van der Waals surface area contributed by atoms with Crippen LogP contribution in [0.2, 0.25) is 0 Å². The Labute approximate surface area is 192 Å². The van der Waals surface area contributed by atoms with Gasteiger partial charge in [-0.2, -0.15) is 22.8 Å². The summed E-state index contributed by atoms with van der Waals surface area (Å²) in [6.07, 6.45) is -4.35. The Morgan fingerprint density at radius 3 is 2.66 bits per heavy atom. The van der Waals surface area contributed by atoms with Crippen LogP contribution in [0.25, 0.3) is 16.9 Å². The van der Waals surface area contributed by atoms with Gasteiger partial charge < -0.3 is 14.8 Å². The van der Waals surface area contributed by atoms with E-state index in [-0.39, 0.29) is 34.3 Å². The summed E-state index contributed by atoms with van der Waals surface area (Å²) in [6, 6.07) is 8.64. The van der Waals surface area contributed by atoms with Crippen LogP contribution in [0, 0.1) is 11.6 Å². The van der Waals surface area contributed by atoms with Crippen LogP contribution < -0.4 is 10.1 Å². The zero-order chi connectivity index (χ0) is 24.8. The topological polar surface area (TPSA) is 104 Å². The minimum atomic E-state index is -5.29. The van der Waals surface area contributed by atoms with Crippen LogP contribution >= 0.6 is 0 Å². The number of rotatable bonds is 4. The van der Waals surface area contributed by atoms with Crippen molar-refractivity contribution in [3.63, 3.8) is 0 Å². The Bertz CT molecular complexity index is 1420. The molecule has 1 N–H and O–H groups in total. The molecule has 1 aromatic carbocycles. The van der Waals surface area contributed by atoms with E-state index in [1.54, 1.807) is 0 Å². The maximum atomic E-state index is 13.7. The normalized spacial score (nSPS) is 17.4. The monoisotopic (exact) mass is 492 g/mol. The van der Waals surface area contributed by atoms with Crippen LogP contribution in [-0.4, -0.2) is 49.3 Å². The van der Waals surface area contributed by atoms with E-state index in [1.807, 2.05) is 0 Å². The van der Waals surface area contributed by atoms with Crippen LogP contribution in [0.3, 0.4) is 0 Å². The molecule has 1 atom stereocenters. The van der Waals surface area contributed by atoms with Gasteiger partial charge in [-0.25, -0.2) is 18.6 Å². The lowest BCUT2D eigenvalue weighted by molar-refractivity contribution is -0.238. The Hall–Kier alpha value is -4.36. The van der Waals surface area contributed by atoms with E-state index >= 15 is 0 Å². The number of nitrogens with one attached hydrogen (secondary N) is 1. The number of halogens is 5. The molecule has 0 saturated heterocycles. The second kappa shape index (κ2) is 8.14. The van der Waals surface area contributed by atoms with Gasteiger partial charge in [-0.1, -0.05) is 0 Å². The van der Waals surface area contributed by atoms with Crippen molar-refractivity contribution in [2.45, 2.75) is 18.4 Å². The minimum absolute atomic E-state index is 0.0390. The number of aromatic nitrogens is 5. The van der Waals surface area contributed by atoms with Gasteiger partial charge in [0.1, 0.15) is 11.6 Å².